The van der Waals surface area contributed by atoms with Crippen LogP contribution in [0.3, 0.4) is 0 Å². The molecule has 0 saturated heterocycles. The molecule has 0 aliphatic rings. The number of amides is 1. The molecule has 1 amide bonds. The van der Waals surface area contributed by atoms with Gasteiger partial charge in [0.1, 0.15) is 0 Å². The molecule has 1 aromatic rings. The summed E-state index contributed by atoms with van der Waals surface area (Å²) in [4.78, 5) is 24.8. The van der Waals surface area contributed by atoms with Crippen LogP contribution in [-0.4, -0.2) is 34.5 Å². The van der Waals surface area contributed by atoms with Gasteiger partial charge in [-0.15, -0.1) is 0 Å². The van der Waals surface area contributed by atoms with E-state index in [1.54, 1.807) is 11.0 Å². The van der Waals surface area contributed by atoms with Crippen molar-refractivity contribution in [2.75, 3.05) is 6.54 Å². The third kappa shape index (κ3) is 4.90. The van der Waals surface area contributed by atoms with Gasteiger partial charge in [-0.05, 0) is 54.4 Å². The second-order valence-corrected chi connectivity index (χ2v) is 6.48. The third-order valence-corrected chi connectivity index (χ3v) is 3.98. The highest BCUT2D eigenvalue weighted by molar-refractivity contribution is 9.11. The fourth-order valence-corrected chi connectivity index (χ4v) is 3.03. The van der Waals surface area contributed by atoms with Gasteiger partial charge in [0.15, 0.2) is 0 Å². The van der Waals surface area contributed by atoms with Crippen LogP contribution < -0.4 is 0 Å². The number of hydrogen-bond acceptors (Lipinski definition) is 2. The van der Waals surface area contributed by atoms with Crippen molar-refractivity contribution in [3.63, 3.8) is 0 Å². The van der Waals surface area contributed by atoms with E-state index in [-0.39, 0.29) is 18.4 Å². The highest BCUT2D eigenvalue weighted by Gasteiger charge is 2.20. The molecule has 1 aromatic carbocycles. The molecule has 0 spiro atoms. The summed E-state index contributed by atoms with van der Waals surface area (Å²) in [5.41, 5.74) is 0.581. The number of aliphatic carboxylic acids is 1. The fourth-order valence-electron chi connectivity index (χ4n) is 1.81. The Kier molecular flexibility index (Phi) is 6.68. The molecule has 0 fully saturated rings. The lowest BCUT2D eigenvalue weighted by Gasteiger charge is -2.27. The molecule has 0 aromatic heterocycles. The molecule has 6 heteroatoms. The number of rotatable bonds is 6. The molecular formula is C14H17Br2NO3. The Labute approximate surface area is 135 Å². The van der Waals surface area contributed by atoms with Crippen LogP contribution in [0.2, 0.25) is 0 Å². The number of nitrogens with zero attached hydrogens (tertiary/aromatic N) is 1. The maximum absolute atomic E-state index is 12.5. The molecule has 0 aliphatic carbocycles. The highest BCUT2D eigenvalue weighted by atomic mass is 79.9. The zero-order valence-electron chi connectivity index (χ0n) is 11.4. The molecule has 0 heterocycles. The Hall–Kier alpha value is -0.880. The first-order valence-corrected chi connectivity index (χ1v) is 7.89. The van der Waals surface area contributed by atoms with Crippen molar-refractivity contribution in [1.29, 1.82) is 0 Å². The van der Waals surface area contributed by atoms with E-state index in [2.05, 4.69) is 31.9 Å². The fraction of sp³-hybridized carbons (Fsp3) is 0.429. The van der Waals surface area contributed by atoms with Gasteiger partial charge in [0.05, 0.1) is 5.56 Å². The van der Waals surface area contributed by atoms with Crippen LogP contribution in [0.4, 0.5) is 0 Å². The lowest BCUT2D eigenvalue weighted by molar-refractivity contribution is -0.137. The molecule has 0 radical (unpaired) electrons. The number of carbonyl (C=O) groups is 2. The second kappa shape index (κ2) is 7.78. The van der Waals surface area contributed by atoms with Gasteiger partial charge in [0.2, 0.25) is 0 Å². The van der Waals surface area contributed by atoms with Gasteiger partial charge >= 0.3 is 5.97 Å². The first-order chi connectivity index (χ1) is 9.32. The summed E-state index contributed by atoms with van der Waals surface area (Å²) < 4.78 is 1.61. The Balaban J connectivity index is 2.85. The van der Waals surface area contributed by atoms with Gasteiger partial charge < -0.3 is 10.0 Å². The first-order valence-electron chi connectivity index (χ1n) is 6.30. The summed E-state index contributed by atoms with van der Waals surface area (Å²) >= 11 is 6.73. The number of carbonyl (C=O) groups excluding carboxylic acids is 1. The molecule has 0 aliphatic heterocycles. The minimum atomic E-state index is -0.842. The largest absolute Gasteiger partial charge is 0.481 e. The quantitative estimate of drug-likeness (QED) is 0.778. The van der Waals surface area contributed by atoms with Crippen LogP contribution in [0.1, 0.15) is 37.0 Å². The predicted octanol–water partition coefficient (Wildman–Crippen LogP) is 3.93. The van der Waals surface area contributed by atoms with Crippen molar-refractivity contribution in [2.45, 2.75) is 32.7 Å². The van der Waals surface area contributed by atoms with E-state index in [9.17, 15) is 9.59 Å². The number of carboxylic acid groups (broad SMARTS) is 1. The van der Waals surface area contributed by atoms with Gasteiger partial charge in [0, 0.05) is 28.0 Å². The highest BCUT2D eigenvalue weighted by Crippen LogP contribution is 2.24. The molecule has 4 nitrogen and oxygen atoms in total. The summed E-state index contributed by atoms with van der Waals surface area (Å²) in [7, 11) is 0. The van der Waals surface area contributed by atoms with Gasteiger partial charge in [-0.1, -0.05) is 15.9 Å². The molecule has 0 bridgehead atoms. The summed E-state index contributed by atoms with van der Waals surface area (Å²) in [5, 5.41) is 8.68. The van der Waals surface area contributed by atoms with Gasteiger partial charge in [-0.2, -0.15) is 0 Å². The van der Waals surface area contributed by atoms with Crippen molar-refractivity contribution in [3.05, 3.63) is 32.7 Å². The zero-order valence-corrected chi connectivity index (χ0v) is 14.6. The Bertz CT molecular complexity index is 503. The zero-order chi connectivity index (χ0) is 15.3. The maximum atomic E-state index is 12.5. The Morgan fingerprint density at radius 2 is 1.95 bits per heavy atom. The standard InChI is InChI=1S/C14H17Br2NO3/c1-9(2)17(7-3-4-13(18)19)14(20)11-6-5-10(15)8-12(11)16/h5-6,8-9H,3-4,7H2,1-2H3,(H,18,19). The first kappa shape index (κ1) is 17.2. The summed E-state index contributed by atoms with van der Waals surface area (Å²) in [6, 6.07) is 5.41. The van der Waals surface area contributed by atoms with Crippen LogP contribution >= 0.6 is 31.9 Å². The lowest BCUT2D eigenvalue weighted by atomic mass is 10.1. The Morgan fingerprint density at radius 3 is 2.45 bits per heavy atom. The van der Waals surface area contributed by atoms with Crippen LogP contribution in [0.25, 0.3) is 0 Å². The average molecular weight is 407 g/mol. The van der Waals surface area contributed by atoms with E-state index >= 15 is 0 Å². The van der Waals surface area contributed by atoms with Crippen molar-refractivity contribution in [3.8, 4) is 0 Å². The predicted molar refractivity (Wildman–Crippen MR) is 84.9 cm³/mol. The molecule has 1 rings (SSSR count). The van der Waals surface area contributed by atoms with Gasteiger partial charge in [-0.25, -0.2) is 0 Å². The second-order valence-electron chi connectivity index (χ2n) is 4.71. The minimum Gasteiger partial charge on any atom is -0.481 e. The van der Waals surface area contributed by atoms with Crippen LogP contribution in [0.15, 0.2) is 27.1 Å². The van der Waals surface area contributed by atoms with Gasteiger partial charge in [-0.3, -0.25) is 9.59 Å². The molecule has 0 atom stereocenters. The molecule has 20 heavy (non-hydrogen) atoms. The number of benzene rings is 1. The maximum Gasteiger partial charge on any atom is 0.303 e. The molecule has 0 unspecified atom stereocenters. The number of hydrogen-bond donors (Lipinski definition) is 1. The number of carboxylic acids is 1. The lowest BCUT2D eigenvalue weighted by Crippen LogP contribution is -2.38. The van der Waals surface area contributed by atoms with Crippen molar-refractivity contribution in [1.82, 2.24) is 4.90 Å². The van der Waals surface area contributed by atoms with Gasteiger partial charge in [0.25, 0.3) is 5.91 Å². The van der Waals surface area contributed by atoms with E-state index in [1.165, 1.54) is 0 Å². The smallest absolute Gasteiger partial charge is 0.303 e. The molecule has 110 valence electrons. The van der Waals surface area contributed by atoms with E-state index in [0.29, 0.717) is 18.5 Å². The topological polar surface area (TPSA) is 57.6 Å². The van der Waals surface area contributed by atoms with E-state index in [1.807, 2.05) is 26.0 Å². The third-order valence-electron chi connectivity index (χ3n) is 2.84. The summed E-state index contributed by atoms with van der Waals surface area (Å²) in [6.45, 7) is 4.28. The van der Waals surface area contributed by atoms with Crippen molar-refractivity contribution < 1.29 is 14.7 Å². The summed E-state index contributed by atoms with van der Waals surface area (Å²) in [6.07, 6.45) is 0.519. The van der Waals surface area contributed by atoms with Crippen molar-refractivity contribution >= 4 is 43.7 Å². The van der Waals surface area contributed by atoms with Crippen LogP contribution in [0, 0.1) is 0 Å². The SMILES string of the molecule is CC(C)N(CCCC(=O)O)C(=O)c1ccc(Br)cc1Br. The summed E-state index contributed by atoms with van der Waals surface area (Å²) in [5.74, 6) is -0.934. The Morgan fingerprint density at radius 1 is 1.30 bits per heavy atom. The monoisotopic (exact) mass is 405 g/mol. The van der Waals surface area contributed by atoms with Crippen LogP contribution in [-0.2, 0) is 4.79 Å². The van der Waals surface area contributed by atoms with Crippen LogP contribution in [0.5, 0.6) is 0 Å². The van der Waals surface area contributed by atoms with Crippen molar-refractivity contribution in [2.24, 2.45) is 0 Å². The normalized spacial score (nSPS) is 10.7. The van der Waals surface area contributed by atoms with E-state index in [4.69, 9.17) is 5.11 Å². The average Bonchev–Trinajstić information content (AvgIpc) is 2.33. The van der Waals surface area contributed by atoms with E-state index < -0.39 is 5.97 Å². The minimum absolute atomic E-state index is 0.0202. The van der Waals surface area contributed by atoms with E-state index in [0.717, 1.165) is 8.95 Å². The molecule has 1 N–H and O–H groups in total. The molecular weight excluding hydrogens is 390 g/mol. The molecule has 0 saturated carbocycles. The number of halogens is 2.